The van der Waals surface area contributed by atoms with Crippen LogP contribution in [0.4, 0.5) is 0 Å². The van der Waals surface area contributed by atoms with E-state index in [1.54, 1.807) is 6.92 Å². The van der Waals surface area contributed by atoms with Crippen molar-refractivity contribution in [3.05, 3.63) is 22.5 Å². The molecule has 1 unspecified atom stereocenters. The Balaban J connectivity index is 2.19. The number of ether oxygens (including phenoxy) is 1. The second-order valence-corrected chi connectivity index (χ2v) is 6.60. The van der Waals surface area contributed by atoms with E-state index >= 15 is 0 Å². The first kappa shape index (κ1) is 17.7. The minimum absolute atomic E-state index is 0.0516. The fourth-order valence-electron chi connectivity index (χ4n) is 3.30. The van der Waals surface area contributed by atoms with E-state index < -0.39 is 0 Å². The fraction of sp³-hybridized carbons (Fsp3) is 0.667. The quantitative estimate of drug-likeness (QED) is 0.669. The van der Waals surface area contributed by atoms with E-state index in [-0.39, 0.29) is 17.8 Å². The van der Waals surface area contributed by atoms with Crippen molar-refractivity contribution in [2.24, 2.45) is 5.92 Å². The molecule has 0 bridgehead atoms. The molecule has 2 rings (SSSR count). The molecule has 0 aliphatic carbocycles. The zero-order valence-electron chi connectivity index (χ0n) is 14.9. The monoisotopic (exact) mass is 320 g/mol. The molecule has 0 aromatic carbocycles. The lowest BCUT2D eigenvalue weighted by Gasteiger charge is -2.34. The lowest BCUT2D eigenvalue weighted by molar-refractivity contribution is 0.0525. The molecular formula is C18H28N2O3. The maximum Gasteiger partial charge on any atom is 0.340 e. The molecule has 5 heteroatoms. The van der Waals surface area contributed by atoms with Gasteiger partial charge in [0.05, 0.1) is 23.9 Å². The molecule has 1 atom stereocenters. The summed E-state index contributed by atoms with van der Waals surface area (Å²) in [5.41, 5.74) is 2.43. The van der Waals surface area contributed by atoms with Crippen molar-refractivity contribution in [2.45, 2.75) is 53.5 Å². The predicted molar refractivity (Wildman–Crippen MR) is 90.0 cm³/mol. The highest BCUT2D eigenvalue weighted by atomic mass is 16.5. The summed E-state index contributed by atoms with van der Waals surface area (Å²) >= 11 is 0. The van der Waals surface area contributed by atoms with E-state index in [9.17, 15) is 9.59 Å². The van der Waals surface area contributed by atoms with Crippen molar-refractivity contribution in [1.29, 1.82) is 0 Å². The van der Waals surface area contributed by atoms with E-state index in [1.165, 1.54) is 0 Å². The molecule has 1 aromatic heterocycles. The molecule has 128 valence electrons. The predicted octanol–water partition coefficient (Wildman–Crippen LogP) is 3.11. The first-order chi connectivity index (χ1) is 10.9. The minimum Gasteiger partial charge on any atom is -0.462 e. The number of aromatic amines is 1. The smallest absolute Gasteiger partial charge is 0.340 e. The number of rotatable bonds is 5. The summed E-state index contributed by atoms with van der Waals surface area (Å²) in [4.78, 5) is 30.3. The zero-order valence-corrected chi connectivity index (χ0v) is 14.9. The van der Waals surface area contributed by atoms with Gasteiger partial charge in [-0.15, -0.1) is 0 Å². The van der Waals surface area contributed by atoms with Crippen molar-refractivity contribution < 1.29 is 14.3 Å². The number of carbonyl (C=O) groups is 2. The number of carbonyl (C=O) groups excluding carboxylic acids is 2. The Bertz CT molecular complexity index is 583. The van der Waals surface area contributed by atoms with Crippen LogP contribution in [0, 0.1) is 19.8 Å². The van der Waals surface area contributed by atoms with Crippen molar-refractivity contribution in [3.63, 3.8) is 0 Å². The summed E-state index contributed by atoms with van der Waals surface area (Å²) in [6.07, 6.45) is 2.27. The van der Waals surface area contributed by atoms with Gasteiger partial charge < -0.3 is 9.72 Å². The molecule has 2 heterocycles. The summed E-state index contributed by atoms with van der Waals surface area (Å²) in [6.45, 7) is 11.9. The summed E-state index contributed by atoms with van der Waals surface area (Å²) < 4.78 is 5.09. The highest BCUT2D eigenvalue weighted by Gasteiger charge is 2.30. The zero-order chi connectivity index (χ0) is 17.1. The van der Waals surface area contributed by atoms with Crippen LogP contribution in [0.2, 0.25) is 0 Å². The molecule has 1 aromatic rings. The van der Waals surface area contributed by atoms with Crippen molar-refractivity contribution in [3.8, 4) is 0 Å². The third kappa shape index (κ3) is 3.66. The number of piperidine rings is 1. The standard InChI is InChI=1S/C18H28N2O3/c1-6-23-18(22)15-12(3)16(19-13(15)4)17(21)14(5)20-9-7-11(2)8-10-20/h11,14,19H,6-10H2,1-5H3. The molecule has 23 heavy (non-hydrogen) atoms. The molecule has 5 nitrogen and oxygen atoms in total. The number of hydrogen-bond acceptors (Lipinski definition) is 4. The molecule has 1 aliphatic rings. The van der Waals surface area contributed by atoms with E-state index in [2.05, 4.69) is 16.8 Å². The maximum atomic E-state index is 12.9. The van der Waals surface area contributed by atoms with Crippen molar-refractivity contribution >= 4 is 11.8 Å². The molecule has 1 N–H and O–H groups in total. The average Bonchev–Trinajstić information content (AvgIpc) is 2.81. The van der Waals surface area contributed by atoms with E-state index in [0.29, 0.717) is 29.1 Å². The van der Waals surface area contributed by atoms with E-state index in [0.717, 1.165) is 31.8 Å². The Hall–Kier alpha value is -1.62. The normalized spacial score (nSPS) is 18.0. The lowest BCUT2D eigenvalue weighted by atomic mass is 9.96. The largest absolute Gasteiger partial charge is 0.462 e. The number of Topliss-reactive ketones (excluding diaryl/α,β-unsaturated/α-hetero) is 1. The van der Waals surface area contributed by atoms with Crippen LogP contribution in [0.15, 0.2) is 0 Å². The Morgan fingerprint density at radius 3 is 2.48 bits per heavy atom. The van der Waals surface area contributed by atoms with Gasteiger partial charge in [0.25, 0.3) is 0 Å². The van der Waals surface area contributed by atoms with Gasteiger partial charge in [0.1, 0.15) is 0 Å². The van der Waals surface area contributed by atoms with Crippen LogP contribution in [-0.4, -0.2) is 47.4 Å². The lowest BCUT2D eigenvalue weighted by Crippen LogP contribution is -2.43. The molecule has 1 aliphatic heterocycles. The molecular weight excluding hydrogens is 292 g/mol. The van der Waals surface area contributed by atoms with Crippen LogP contribution in [0.25, 0.3) is 0 Å². The number of hydrogen-bond donors (Lipinski definition) is 1. The molecule has 1 fully saturated rings. The number of aromatic nitrogens is 1. The molecule has 0 spiro atoms. The number of ketones is 1. The van der Waals surface area contributed by atoms with Gasteiger partial charge in [0.15, 0.2) is 5.78 Å². The average molecular weight is 320 g/mol. The molecule has 1 saturated heterocycles. The van der Waals surface area contributed by atoms with Gasteiger partial charge in [0.2, 0.25) is 0 Å². The van der Waals surface area contributed by atoms with Crippen molar-refractivity contribution in [1.82, 2.24) is 9.88 Å². The SMILES string of the molecule is CCOC(=O)c1c(C)[nH]c(C(=O)C(C)N2CCC(C)CC2)c1C. The first-order valence-electron chi connectivity index (χ1n) is 8.51. The van der Waals surface area contributed by atoms with E-state index in [4.69, 9.17) is 4.74 Å². The summed E-state index contributed by atoms with van der Waals surface area (Å²) in [7, 11) is 0. The third-order valence-electron chi connectivity index (χ3n) is 4.91. The number of esters is 1. The van der Waals surface area contributed by atoms with Crippen molar-refractivity contribution in [2.75, 3.05) is 19.7 Å². The van der Waals surface area contributed by atoms with Gasteiger partial charge in [0, 0.05) is 5.69 Å². The number of nitrogens with one attached hydrogen (secondary N) is 1. The first-order valence-corrected chi connectivity index (χ1v) is 8.51. The summed E-state index contributed by atoms with van der Waals surface area (Å²) in [5.74, 6) is 0.423. The van der Waals surface area contributed by atoms with Crippen LogP contribution in [0.3, 0.4) is 0 Å². The third-order valence-corrected chi connectivity index (χ3v) is 4.91. The van der Waals surface area contributed by atoms with Crippen LogP contribution in [-0.2, 0) is 4.74 Å². The van der Waals surface area contributed by atoms with Gasteiger partial charge >= 0.3 is 5.97 Å². The minimum atomic E-state index is -0.364. The van der Waals surface area contributed by atoms with Crippen LogP contribution >= 0.6 is 0 Å². The Labute approximate surface area is 138 Å². The number of likely N-dealkylation sites (tertiary alicyclic amines) is 1. The Kier molecular flexibility index (Phi) is 5.63. The van der Waals surface area contributed by atoms with Gasteiger partial charge in [-0.1, -0.05) is 6.92 Å². The Morgan fingerprint density at radius 1 is 1.30 bits per heavy atom. The number of aryl methyl sites for hydroxylation is 1. The van der Waals surface area contributed by atoms with Gasteiger partial charge in [-0.2, -0.15) is 0 Å². The Morgan fingerprint density at radius 2 is 1.91 bits per heavy atom. The van der Waals surface area contributed by atoms with Gasteiger partial charge in [-0.3, -0.25) is 9.69 Å². The number of H-pyrrole nitrogens is 1. The van der Waals surface area contributed by atoms with Crippen LogP contribution < -0.4 is 0 Å². The van der Waals surface area contributed by atoms with Gasteiger partial charge in [-0.05, 0) is 65.1 Å². The van der Waals surface area contributed by atoms with Crippen LogP contribution in [0.5, 0.6) is 0 Å². The second kappa shape index (κ2) is 7.30. The second-order valence-electron chi connectivity index (χ2n) is 6.60. The molecule has 0 saturated carbocycles. The van der Waals surface area contributed by atoms with E-state index in [1.807, 2.05) is 20.8 Å². The fourth-order valence-corrected chi connectivity index (χ4v) is 3.30. The maximum absolute atomic E-state index is 12.9. The summed E-state index contributed by atoms with van der Waals surface area (Å²) in [6, 6.07) is -0.172. The molecule has 0 radical (unpaired) electrons. The summed E-state index contributed by atoms with van der Waals surface area (Å²) in [5, 5.41) is 0. The van der Waals surface area contributed by atoms with Gasteiger partial charge in [-0.25, -0.2) is 4.79 Å². The molecule has 0 amide bonds. The van der Waals surface area contributed by atoms with Crippen LogP contribution in [0.1, 0.15) is 65.7 Å². The highest BCUT2D eigenvalue weighted by Crippen LogP contribution is 2.23. The number of nitrogens with zero attached hydrogens (tertiary/aromatic N) is 1. The topological polar surface area (TPSA) is 62.4 Å². The highest BCUT2D eigenvalue weighted by molar-refractivity contribution is 6.03.